The third-order valence-electron chi connectivity index (χ3n) is 5.93. The minimum absolute atomic E-state index is 0.146. The molecule has 1 unspecified atom stereocenters. The Morgan fingerprint density at radius 1 is 1.20 bits per heavy atom. The number of carbonyl (C=O) groups is 1. The van der Waals surface area contributed by atoms with Crippen molar-refractivity contribution in [2.75, 3.05) is 39.6 Å². The van der Waals surface area contributed by atoms with Gasteiger partial charge in [0.2, 0.25) is 21.9 Å². The Kier molecular flexibility index (Phi) is 4.87. The summed E-state index contributed by atoms with van der Waals surface area (Å²) >= 11 is 0. The van der Waals surface area contributed by atoms with Crippen molar-refractivity contribution in [1.82, 2.24) is 9.21 Å². The topological polar surface area (TPSA) is 66.9 Å². The molecule has 2 saturated heterocycles. The monoisotopic (exact) mass is 380 g/mol. The Labute approximate surface area is 147 Å². The second kappa shape index (κ2) is 6.42. The summed E-state index contributed by atoms with van der Waals surface area (Å²) in [6.45, 7) is 1.83. The van der Waals surface area contributed by atoms with Gasteiger partial charge in [0.15, 0.2) is 0 Å². The zero-order chi connectivity index (χ0) is 18.5. The number of amides is 1. The quantitative estimate of drug-likeness (QED) is 0.738. The highest BCUT2D eigenvalue weighted by Crippen LogP contribution is 2.46. The number of carbonyl (C=O) groups excluding carboxylic acids is 1. The standard InChI is InChI=1S/C16H26F2N2O4S/c1-24-10-13-9-15(11-20(13)25(2,22)23)3-5-19(6-4-15)14(21)12-7-16(17,18)8-12/h12-13H,3-11H2,1-2H3. The molecule has 2 heterocycles. The zero-order valence-corrected chi connectivity index (χ0v) is 15.5. The van der Waals surface area contributed by atoms with Crippen LogP contribution in [-0.2, 0) is 19.6 Å². The predicted octanol–water partition coefficient (Wildman–Crippen LogP) is 1.32. The van der Waals surface area contributed by atoms with Crippen molar-refractivity contribution in [2.24, 2.45) is 11.3 Å². The minimum Gasteiger partial charge on any atom is -0.383 e. The number of nitrogens with zero attached hydrogens (tertiary/aromatic N) is 2. The molecule has 0 aromatic carbocycles. The van der Waals surface area contributed by atoms with Crippen LogP contribution in [0.25, 0.3) is 0 Å². The number of hydrogen-bond donors (Lipinski definition) is 0. The lowest BCUT2D eigenvalue weighted by molar-refractivity contribution is -0.161. The van der Waals surface area contributed by atoms with E-state index in [1.807, 2.05) is 0 Å². The summed E-state index contributed by atoms with van der Waals surface area (Å²) in [5.41, 5.74) is -0.146. The lowest BCUT2D eigenvalue weighted by Gasteiger charge is -2.43. The maximum absolute atomic E-state index is 13.0. The highest BCUT2D eigenvalue weighted by atomic mass is 32.2. The van der Waals surface area contributed by atoms with Gasteiger partial charge in [0.05, 0.1) is 12.9 Å². The Morgan fingerprint density at radius 3 is 2.28 bits per heavy atom. The molecule has 144 valence electrons. The molecule has 0 bridgehead atoms. The van der Waals surface area contributed by atoms with Gasteiger partial charge in [-0.25, -0.2) is 17.2 Å². The van der Waals surface area contributed by atoms with Crippen molar-refractivity contribution >= 4 is 15.9 Å². The van der Waals surface area contributed by atoms with Crippen molar-refractivity contribution in [1.29, 1.82) is 0 Å². The van der Waals surface area contributed by atoms with Gasteiger partial charge in [-0.05, 0) is 24.7 Å². The molecule has 0 aromatic rings. The molecule has 0 aromatic heterocycles. The molecular weight excluding hydrogens is 354 g/mol. The number of halogens is 2. The lowest BCUT2D eigenvalue weighted by Crippen LogP contribution is -2.51. The van der Waals surface area contributed by atoms with Crippen molar-refractivity contribution in [3.63, 3.8) is 0 Å². The fourth-order valence-corrected chi connectivity index (χ4v) is 5.69. The van der Waals surface area contributed by atoms with E-state index in [2.05, 4.69) is 0 Å². The second-order valence-electron chi connectivity index (χ2n) is 7.91. The van der Waals surface area contributed by atoms with Crippen LogP contribution in [-0.4, -0.2) is 75.1 Å². The molecule has 3 fully saturated rings. The molecule has 9 heteroatoms. The van der Waals surface area contributed by atoms with Gasteiger partial charge in [0.25, 0.3) is 0 Å². The van der Waals surface area contributed by atoms with E-state index < -0.39 is 21.9 Å². The van der Waals surface area contributed by atoms with Crippen molar-refractivity contribution in [2.45, 2.75) is 44.1 Å². The molecule has 3 aliphatic rings. The van der Waals surface area contributed by atoms with Crippen LogP contribution in [0.3, 0.4) is 0 Å². The molecule has 1 saturated carbocycles. The Bertz CT molecular complexity index is 624. The van der Waals surface area contributed by atoms with Crippen molar-refractivity contribution in [3.05, 3.63) is 0 Å². The smallest absolute Gasteiger partial charge is 0.249 e. The van der Waals surface area contributed by atoms with Gasteiger partial charge < -0.3 is 9.64 Å². The van der Waals surface area contributed by atoms with Crippen LogP contribution >= 0.6 is 0 Å². The number of likely N-dealkylation sites (tertiary alicyclic amines) is 1. The summed E-state index contributed by atoms with van der Waals surface area (Å²) in [6.07, 6.45) is 2.65. The normalized spacial score (nSPS) is 29.8. The van der Waals surface area contributed by atoms with Crippen LogP contribution in [0, 0.1) is 11.3 Å². The molecular formula is C16H26F2N2O4S. The van der Waals surface area contributed by atoms with Gasteiger partial charge in [-0.3, -0.25) is 4.79 Å². The van der Waals surface area contributed by atoms with E-state index in [-0.39, 0.29) is 30.2 Å². The number of hydrogen-bond acceptors (Lipinski definition) is 4. The highest BCUT2D eigenvalue weighted by Gasteiger charge is 2.52. The number of sulfonamides is 1. The van der Waals surface area contributed by atoms with Crippen LogP contribution in [0.1, 0.15) is 32.1 Å². The van der Waals surface area contributed by atoms with E-state index in [1.54, 1.807) is 12.0 Å². The van der Waals surface area contributed by atoms with Gasteiger partial charge in [-0.1, -0.05) is 0 Å². The van der Waals surface area contributed by atoms with Crippen LogP contribution in [0.5, 0.6) is 0 Å². The molecule has 1 amide bonds. The zero-order valence-electron chi connectivity index (χ0n) is 14.7. The first-order valence-electron chi connectivity index (χ1n) is 8.68. The Morgan fingerprint density at radius 2 is 1.80 bits per heavy atom. The van der Waals surface area contributed by atoms with E-state index in [0.29, 0.717) is 39.1 Å². The molecule has 1 atom stereocenters. The van der Waals surface area contributed by atoms with Crippen LogP contribution in [0.4, 0.5) is 8.78 Å². The van der Waals surface area contributed by atoms with Gasteiger partial charge in [-0.2, -0.15) is 4.31 Å². The summed E-state index contributed by atoms with van der Waals surface area (Å²) in [5, 5.41) is 0. The predicted molar refractivity (Wildman–Crippen MR) is 87.7 cm³/mol. The third-order valence-corrected chi connectivity index (χ3v) is 7.21. The molecule has 6 nitrogen and oxygen atoms in total. The van der Waals surface area contributed by atoms with E-state index in [4.69, 9.17) is 4.74 Å². The van der Waals surface area contributed by atoms with Gasteiger partial charge in [-0.15, -0.1) is 0 Å². The number of methoxy groups -OCH3 is 1. The molecule has 0 N–H and O–H groups in total. The summed E-state index contributed by atoms with van der Waals surface area (Å²) in [7, 11) is -1.75. The minimum atomic E-state index is -3.31. The van der Waals surface area contributed by atoms with Gasteiger partial charge in [0.1, 0.15) is 0 Å². The van der Waals surface area contributed by atoms with Gasteiger partial charge >= 0.3 is 0 Å². The van der Waals surface area contributed by atoms with Gasteiger partial charge in [0, 0.05) is 51.5 Å². The van der Waals surface area contributed by atoms with Crippen molar-refractivity contribution < 1.29 is 26.7 Å². The summed E-state index contributed by atoms with van der Waals surface area (Å²) in [5.74, 6) is -3.42. The summed E-state index contributed by atoms with van der Waals surface area (Å²) in [4.78, 5) is 14.0. The molecule has 25 heavy (non-hydrogen) atoms. The summed E-state index contributed by atoms with van der Waals surface area (Å²) in [6, 6.07) is -0.174. The van der Waals surface area contributed by atoms with E-state index in [9.17, 15) is 22.0 Å². The van der Waals surface area contributed by atoms with Crippen LogP contribution in [0.15, 0.2) is 0 Å². The second-order valence-corrected chi connectivity index (χ2v) is 9.84. The Hall–Kier alpha value is -0.800. The molecule has 1 aliphatic carbocycles. The molecule has 1 spiro atoms. The molecule has 3 rings (SSSR count). The number of rotatable bonds is 4. The Balaban J connectivity index is 1.60. The fourth-order valence-electron chi connectivity index (χ4n) is 4.51. The van der Waals surface area contributed by atoms with Crippen molar-refractivity contribution in [3.8, 4) is 0 Å². The van der Waals surface area contributed by atoms with E-state index >= 15 is 0 Å². The average molecular weight is 380 g/mol. The first-order chi connectivity index (χ1) is 11.6. The van der Waals surface area contributed by atoms with E-state index in [0.717, 1.165) is 6.42 Å². The number of alkyl halides is 2. The fraction of sp³-hybridized carbons (Fsp3) is 0.938. The third kappa shape index (κ3) is 3.83. The summed E-state index contributed by atoms with van der Waals surface area (Å²) < 4.78 is 56.8. The maximum atomic E-state index is 13.0. The molecule has 2 aliphatic heterocycles. The highest BCUT2D eigenvalue weighted by molar-refractivity contribution is 7.88. The largest absolute Gasteiger partial charge is 0.383 e. The lowest BCUT2D eigenvalue weighted by atomic mass is 9.75. The molecule has 0 radical (unpaired) electrons. The number of piperidine rings is 1. The SMILES string of the molecule is COCC1CC2(CCN(C(=O)C3CC(F)(F)C3)CC2)CN1S(C)(=O)=O. The van der Waals surface area contributed by atoms with Crippen LogP contribution in [0.2, 0.25) is 0 Å². The van der Waals surface area contributed by atoms with Crippen LogP contribution < -0.4 is 0 Å². The van der Waals surface area contributed by atoms with E-state index in [1.165, 1.54) is 10.6 Å². The maximum Gasteiger partial charge on any atom is 0.249 e. The average Bonchev–Trinajstić information content (AvgIpc) is 2.84. The first kappa shape index (κ1) is 19.0. The first-order valence-corrected chi connectivity index (χ1v) is 10.5. The number of ether oxygens (including phenoxy) is 1.